The summed E-state index contributed by atoms with van der Waals surface area (Å²) in [7, 11) is 0. The van der Waals surface area contributed by atoms with Gasteiger partial charge in [0.1, 0.15) is 5.69 Å². The third kappa shape index (κ3) is 2.64. The van der Waals surface area contributed by atoms with Crippen LogP contribution in [0.15, 0.2) is 18.3 Å². The van der Waals surface area contributed by atoms with Crippen molar-refractivity contribution in [2.75, 3.05) is 24.7 Å². The molecule has 1 aromatic heterocycles. The van der Waals surface area contributed by atoms with Gasteiger partial charge in [-0.1, -0.05) is 6.92 Å². The number of hydrogen-bond donors (Lipinski definition) is 0. The van der Waals surface area contributed by atoms with Crippen LogP contribution >= 0.6 is 0 Å². The van der Waals surface area contributed by atoms with Crippen LogP contribution in [-0.2, 0) is 4.74 Å². The van der Waals surface area contributed by atoms with E-state index in [4.69, 9.17) is 4.74 Å². The van der Waals surface area contributed by atoms with Crippen LogP contribution < -0.4 is 4.90 Å². The molecule has 4 heteroatoms. The van der Waals surface area contributed by atoms with Gasteiger partial charge in [0.05, 0.1) is 25.1 Å². The molecule has 92 valence electrons. The Hall–Kier alpha value is -1.42. The molecule has 0 aliphatic carbocycles. The Morgan fingerprint density at radius 2 is 2.41 bits per heavy atom. The summed E-state index contributed by atoms with van der Waals surface area (Å²) >= 11 is 0. The van der Waals surface area contributed by atoms with E-state index in [1.807, 2.05) is 19.1 Å². The Bertz CT molecular complexity index is 389. The summed E-state index contributed by atoms with van der Waals surface area (Å²) in [5.41, 5.74) is 1.62. The molecule has 4 nitrogen and oxygen atoms in total. The van der Waals surface area contributed by atoms with E-state index in [0.29, 0.717) is 18.2 Å². The van der Waals surface area contributed by atoms with Crippen LogP contribution in [0.25, 0.3) is 0 Å². The molecule has 1 fully saturated rings. The molecule has 0 amide bonds. The van der Waals surface area contributed by atoms with Gasteiger partial charge in [-0.2, -0.15) is 0 Å². The molecular weight excluding hydrogens is 216 g/mol. The molecule has 0 saturated carbocycles. The van der Waals surface area contributed by atoms with Crippen LogP contribution in [0, 0.1) is 0 Å². The first-order valence-corrected chi connectivity index (χ1v) is 6.06. The summed E-state index contributed by atoms with van der Waals surface area (Å²) < 4.78 is 5.40. The number of nitrogens with zero attached hydrogens (tertiary/aromatic N) is 2. The molecule has 17 heavy (non-hydrogen) atoms. The summed E-state index contributed by atoms with van der Waals surface area (Å²) in [4.78, 5) is 18.0. The average Bonchev–Trinajstić information content (AvgIpc) is 2.39. The number of hydrogen-bond acceptors (Lipinski definition) is 4. The van der Waals surface area contributed by atoms with E-state index in [9.17, 15) is 4.79 Å². The quantitative estimate of drug-likeness (QED) is 0.749. The summed E-state index contributed by atoms with van der Waals surface area (Å²) in [6, 6.07) is 4.14. The number of aromatic nitrogens is 1. The minimum atomic E-state index is 0.0894. The minimum absolute atomic E-state index is 0.0894. The molecule has 1 saturated heterocycles. The highest BCUT2D eigenvalue weighted by atomic mass is 16.5. The lowest BCUT2D eigenvalue weighted by Crippen LogP contribution is -2.43. The van der Waals surface area contributed by atoms with E-state index in [1.165, 1.54) is 0 Å². The van der Waals surface area contributed by atoms with E-state index in [1.54, 1.807) is 6.20 Å². The van der Waals surface area contributed by atoms with Gasteiger partial charge in [0, 0.05) is 19.0 Å². The fourth-order valence-electron chi connectivity index (χ4n) is 2.01. The summed E-state index contributed by atoms with van der Waals surface area (Å²) in [5, 5.41) is 0. The Balaban J connectivity index is 2.14. The molecule has 0 bridgehead atoms. The first-order valence-electron chi connectivity index (χ1n) is 6.06. The van der Waals surface area contributed by atoms with Crippen LogP contribution in [0.1, 0.15) is 30.8 Å². The van der Waals surface area contributed by atoms with Crippen molar-refractivity contribution < 1.29 is 9.53 Å². The minimum Gasteiger partial charge on any atom is -0.377 e. The zero-order valence-electron chi connectivity index (χ0n) is 10.3. The summed E-state index contributed by atoms with van der Waals surface area (Å²) in [5.74, 6) is 0.0894. The zero-order valence-corrected chi connectivity index (χ0v) is 10.3. The molecule has 0 aromatic carbocycles. The van der Waals surface area contributed by atoms with Crippen LogP contribution in [0.4, 0.5) is 5.69 Å². The van der Waals surface area contributed by atoms with Gasteiger partial charge in [0.15, 0.2) is 5.78 Å². The zero-order chi connectivity index (χ0) is 12.3. The normalized spacial score (nSPS) is 20.4. The van der Waals surface area contributed by atoms with Gasteiger partial charge in [-0.3, -0.25) is 9.78 Å². The molecule has 0 N–H and O–H groups in total. The van der Waals surface area contributed by atoms with E-state index < -0.39 is 0 Å². The summed E-state index contributed by atoms with van der Waals surface area (Å²) in [6.07, 6.45) is 2.28. The molecule has 1 unspecified atom stereocenters. The Morgan fingerprint density at radius 1 is 1.59 bits per heavy atom. The lowest BCUT2D eigenvalue weighted by atomic mass is 10.2. The van der Waals surface area contributed by atoms with Crippen molar-refractivity contribution in [2.24, 2.45) is 0 Å². The van der Waals surface area contributed by atoms with Gasteiger partial charge < -0.3 is 9.64 Å². The number of pyridine rings is 1. The number of carbonyl (C=O) groups is 1. The van der Waals surface area contributed by atoms with Crippen molar-refractivity contribution >= 4 is 11.5 Å². The van der Waals surface area contributed by atoms with E-state index in [0.717, 1.165) is 25.4 Å². The number of ketones is 1. The van der Waals surface area contributed by atoms with Gasteiger partial charge >= 0.3 is 0 Å². The lowest BCUT2D eigenvalue weighted by Gasteiger charge is -2.34. The Labute approximate surface area is 102 Å². The van der Waals surface area contributed by atoms with Gasteiger partial charge in [-0.25, -0.2) is 0 Å². The van der Waals surface area contributed by atoms with Crippen molar-refractivity contribution in [3.8, 4) is 0 Å². The second-order valence-electron chi connectivity index (χ2n) is 4.30. The number of Topliss-reactive ketones (excluding diaryl/α,β-unsaturated/α-hetero) is 1. The molecule has 2 rings (SSSR count). The first kappa shape index (κ1) is 12.0. The molecule has 0 spiro atoms. The molecule has 2 heterocycles. The number of morpholine rings is 1. The molecule has 1 aliphatic heterocycles. The SMILES string of the molecule is CCC(=O)c1ccc(N2CCOCC2C)cn1. The van der Waals surface area contributed by atoms with Crippen molar-refractivity contribution in [3.63, 3.8) is 0 Å². The largest absolute Gasteiger partial charge is 0.377 e. The predicted molar refractivity (Wildman–Crippen MR) is 66.5 cm³/mol. The van der Waals surface area contributed by atoms with E-state index in [-0.39, 0.29) is 5.78 Å². The van der Waals surface area contributed by atoms with Gasteiger partial charge in [-0.05, 0) is 19.1 Å². The van der Waals surface area contributed by atoms with Crippen LogP contribution in [0.5, 0.6) is 0 Å². The number of rotatable bonds is 3. The molecular formula is C13H18N2O2. The predicted octanol–water partition coefficient (Wildman–Crippen LogP) is 1.90. The highest BCUT2D eigenvalue weighted by Crippen LogP contribution is 2.18. The first-order chi connectivity index (χ1) is 8.22. The maximum absolute atomic E-state index is 11.5. The topological polar surface area (TPSA) is 42.4 Å². The second-order valence-corrected chi connectivity index (χ2v) is 4.30. The Morgan fingerprint density at radius 3 is 3.00 bits per heavy atom. The average molecular weight is 234 g/mol. The highest BCUT2D eigenvalue weighted by molar-refractivity contribution is 5.94. The van der Waals surface area contributed by atoms with Crippen LogP contribution in [0.3, 0.4) is 0 Å². The Kier molecular flexibility index (Phi) is 3.74. The molecule has 1 aromatic rings. The summed E-state index contributed by atoms with van der Waals surface area (Å²) in [6.45, 7) is 6.35. The number of carbonyl (C=O) groups excluding carboxylic acids is 1. The molecule has 1 atom stereocenters. The van der Waals surface area contributed by atoms with Crippen molar-refractivity contribution in [3.05, 3.63) is 24.0 Å². The van der Waals surface area contributed by atoms with Crippen molar-refractivity contribution in [1.29, 1.82) is 0 Å². The monoisotopic (exact) mass is 234 g/mol. The van der Waals surface area contributed by atoms with Gasteiger partial charge in [0.25, 0.3) is 0 Å². The number of ether oxygens (including phenoxy) is 1. The number of anilines is 1. The van der Waals surface area contributed by atoms with Gasteiger partial charge in [-0.15, -0.1) is 0 Å². The molecule has 0 radical (unpaired) electrons. The van der Waals surface area contributed by atoms with Crippen LogP contribution in [0.2, 0.25) is 0 Å². The lowest BCUT2D eigenvalue weighted by molar-refractivity contribution is 0.0979. The second kappa shape index (κ2) is 5.27. The van der Waals surface area contributed by atoms with Gasteiger partial charge in [0.2, 0.25) is 0 Å². The molecule has 1 aliphatic rings. The third-order valence-corrected chi connectivity index (χ3v) is 3.05. The van der Waals surface area contributed by atoms with E-state index >= 15 is 0 Å². The van der Waals surface area contributed by atoms with Crippen molar-refractivity contribution in [1.82, 2.24) is 4.98 Å². The standard InChI is InChI=1S/C13H18N2O2/c1-3-13(16)12-5-4-11(8-14-12)15-6-7-17-9-10(15)2/h4-5,8,10H,3,6-7,9H2,1-2H3. The van der Waals surface area contributed by atoms with E-state index in [2.05, 4.69) is 16.8 Å². The highest BCUT2D eigenvalue weighted by Gasteiger charge is 2.19. The van der Waals surface area contributed by atoms with Crippen molar-refractivity contribution in [2.45, 2.75) is 26.3 Å². The third-order valence-electron chi connectivity index (χ3n) is 3.05. The fourth-order valence-corrected chi connectivity index (χ4v) is 2.01. The fraction of sp³-hybridized carbons (Fsp3) is 0.538. The maximum Gasteiger partial charge on any atom is 0.180 e. The smallest absolute Gasteiger partial charge is 0.180 e. The maximum atomic E-state index is 11.5. The van der Waals surface area contributed by atoms with Crippen LogP contribution in [-0.4, -0.2) is 36.6 Å².